The van der Waals surface area contributed by atoms with E-state index in [1.807, 2.05) is 25.1 Å². The smallest absolute Gasteiger partial charge is 0.244 e. The normalized spacial score (nSPS) is 10.4. The number of anilines is 1. The van der Waals surface area contributed by atoms with Crippen molar-refractivity contribution in [3.63, 3.8) is 0 Å². The number of amides is 1. The number of carbonyl (C=O) groups excluding carboxylic acids is 1. The molecule has 1 amide bonds. The van der Waals surface area contributed by atoms with Crippen LogP contribution < -0.4 is 5.73 Å². The molecule has 2 N–H and O–H groups in total. The molecule has 2 aromatic rings. The van der Waals surface area contributed by atoms with Gasteiger partial charge in [0.05, 0.1) is 11.9 Å². The minimum Gasteiger partial charge on any atom is -0.396 e. The maximum absolute atomic E-state index is 12.0. The first-order valence-corrected chi connectivity index (χ1v) is 6.12. The molecule has 0 aliphatic heterocycles. The molecule has 0 fully saturated rings. The summed E-state index contributed by atoms with van der Waals surface area (Å²) < 4.78 is 1.55. The minimum atomic E-state index is 0.00426. The monoisotopic (exact) mass is 258 g/mol. The van der Waals surface area contributed by atoms with Gasteiger partial charge in [-0.3, -0.25) is 9.48 Å². The Morgan fingerprint density at radius 1 is 1.47 bits per heavy atom. The van der Waals surface area contributed by atoms with Crippen molar-refractivity contribution in [1.29, 1.82) is 0 Å². The summed E-state index contributed by atoms with van der Waals surface area (Å²) >= 11 is 0. The Hall–Kier alpha value is -2.30. The van der Waals surface area contributed by atoms with Crippen LogP contribution in [0.4, 0.5) is 5.69 Å². The average Bonchev–Trinajstić information content (AvgIpc) is 2.74. The van der Waals surface area contributed by atoms with Gasteiger partial charge < -0.3 is 10.6 Å². The van der Waals surface area contributed by atoms with E-state index in [2.05, 4.69) is 11.2 Å². The molecule has 0 aliphatic carbocycles. The van der Waals surface area contributed by atoms with Crippen molar-refractivity contribution in [2.24, 2.45) is 0 Å². The van der Waals surface area contributed by atoms with Gasteiger partial charge in [0, 0.05) is 19.8 Å². The van der Waals surface area contributed by atoms with E-state index in [0.29, 0.717) is 12.2 Å². The van der Waals surface area contributed by atoms with Gasteiger partial charge in [-0.15, -0.1) is 0 Å². The number of carbonyl (C=O) groups is 1. The number of rotatable bonds is 4. The Morgan fingerprint density at radius 2 is 2.26 bits per heavy atom. The van der Waals surface area contributed by atoms with Crippen molar-refractivity contribution in [2.45, 2.75) is 20.0 Å². The summed E-state index contributed by atoms with van der Waals surface area (Å²) in [7, 11) is 1.79. The fourth-order valence-electron chi connectivity index (χ4n) is 1.90. The molecule has 0 unspecified atom stereocenters. The van der Waals surface area contributed by atoms with Crippen molar-refractivity contribution in [3.05, 3.63) is 47.8 Å². The molecule has 1 aromatic heterocycles. The summed E-state index contributed by atoms with van der Waals surface area (Å²) in [6, 6.07) is 8.13. The molecule has 100 valence electrons. The summed E-state index contributed by atoms with van der Waals surface area (Å²) in [5.41, 5.74) is 8.44. The first-order valence-electron chi connectivity index (χ1n) is 6.12. The van der Waals surface area contributed by atoms with E-state index in [1.165, 1.54) is 11.8 Å². The zero-order chi connectivity index (χ0) is 13.8. The Kier molecular flexibility index (Phi) is 3.85. The van der Waals surface area contributed by atoms with Gasteiger partial charge in [0.1, 0.15) is 6.54 Å². The molecule has 0 spiro atoms. The van der Waals surface area contributed by atoms with Gasteiger partial charge in [0.2, 0.25) is 5.91 Å². The summed E-state index contributed by atoms with van der Waals surface area (Å²) in [5.74, 6) is 0.00426. The van der Waals surface area contributed by atoms with Crippen molar-refractivity contribution in [3.8, 4) is 0 Å². The second-order valence-electron chi connectivity index (χ2n) is 4.71. The van der Waals surface area contributed by atoms with Gasteiger partial charge >= 0.3 is 0 Å². The van der Waals surface area contributed by atoms with Gasteiger partial charge in [0.15, 0.2) is 0 Å². The quantitative estimate of drug-likeness (QED) is 0.902. The highest BCUT2D eigenvalue weighted by atomic mass is 16.2. The lowest BCUT2D eigenvalue weighted by atomic mass is 10.1. The number of nitrogens with two attached hydrogens (primary N) is 1. The molecule has 0 radical (unpaired) electrons. The third kappa shape index (κ3) is 3.58. The molecule has 5 nitrogen and oxygen atoms in total. The number of nitrogen functional groups attached to an aromatic ring is 1. The molecule has 2 rings (SSSR count). The largest absolute Gasteiger partial charge is 0.396 e. The molecule has 0 bridgehead atoms. The number of hydrogen-bond acceptors (Lipinski definition) is 3. The molecule has 0 saturated carbocycles. The first-order chi connectivity index (χ1) is 9.04. The van der Waals surface area contributed by atoms with Crippen LogP contribution in [0.25, 0.3) is 0 Å². The predicted molar refractivity (Wildman–Crippen MR) is 74.3 cm³/mol. The lowest BCUT2D eigenvalue weighted by Crippen LogP contribution is -2.29. The molecule has 0 atom stereocenters. The lowest BCUT2D eigenvalue weighted by Gasteiger charge is -2.17. The Labute approximate surface area is 112 Å². The third-order valence-corrected chi connectivity index (χ3v) is 2.88. The van der Waals surface area contributed by atoms with E-state index in [4.69, 9.17) is 5.73 Å². The maximum atomic E-state index is 12.0. The molecular formula is C14H18N4O. The summed E-state index contributed by atoms with van der Waals surface area (Å²) in [4.78, 5) is 13.7. The van der Waals surface area contributed by atoms with Gasteiger partial charge in [0.25, 0.3) is 0 Å². The van der Waals surface area contributed by atoms with E-state index >= 15 is 0 Å². The number of hydrogen-bond donors (Lipinski definition) is 1. The van der Waals surface area contributed by atoms with E-state index < -0.39 is 0 Å². The molecule has 0 aliphatic rings. The molecular weight excluding hydrogens is 240 g/mol. The van der Waals surface area contributed by atoms with Crippen LogP contribution in [0.1, 0.15) is 11.1 Å². The summed E-state index contributed by atoms with van der Waals surface area (Å²) in [6.45, 7) is 2.84. The van der Waals surface area contributed by atoms with Crippen LogP contribution in [-0.4, -0.2) is 27.6 Å². The molecule has 0 saturated heterocycles. The number of aromatic nitrogens is 2. The van der Waals surface area contributed by atoms with Crippen molar-refractivity contribution < 1.29 is 4.79 Å². The average molecular weight is 258 g/mol. The molecule has 19 heavy (non-hydrogen) atoms. The Morgan fingerprint density at radius 3 is 2.89 bits per heavy atom. The predicted octanol–water partition coefficient (Wildman–Crippen LogP) is 1.43. The minimum absolute atomic E-state index is 0.00426. The number of benzene rings is 1. The third-order valence-electron chi connectivity index (χ3n) is 2.88. The van der Waals surface area contributed by atoms with Crippen molar-refractivity contribution in [1.82, 2.24) is 14.7 Å². The van der Waals surface area contributed by atoms with Crippen LogP contribution in [-0.2, 0) is 17.9 Å². The van der Waals surface area contributed by atoms with Gasteiger partial charge in [-0.25, -0.2) is 0 Å². The van der Waals surface area contributed by atoms with Gasteiger partial charge in [-0.05, 0) is 12.5 Å². The second-order valence-corrected chi connectivity index (χ2v) is 4.71. The topological polar surface area (TPSA) is 64.2 Å². The van der Waals surface area contributed by atoms with Crippen LogP contribution >= 0.6 is 0 Å². The van der Waals surface area contributed by atoms with E-state index in [0.717, 1.165) is 5.56 Å². The van der Waals surface area contributed by atoms with E-state index in [1.54, 1.807) is 22.8 Å². The van der Waals surface area contributed by atoms with Crippen LogP contribution in [0.15, 0.2) is 36.7 Å². The van der Waals surface area contributed by atoms with Crippen molar-refractivity contribution in [2.75, 3.05) is 12.8 Å². The fourth-order valence-corrected chi connectivity index (χ4v) is 1.90. The zero-order valence-corrected chi connectivity index (χ0v) is 11.2. The van der Waals surface area contributed by atoms with Gasteiger partial charge in [-0.1, -0.05) is 29.8 Å². The molecule has 1 heterocycles. The van der Waals surface area contributed by atoms with E-state index in [9.17, 15) is 4.79 Å². The summed E-state index contributed by atoms with van der Waals surface area (Å²) in [6.07, 6.45) is 3.19. The molecule has 5 heteroatoms. The Balaban J connectivity index is 1.96. The second kappa shape index (κ2) is 5.56. The molecule has 1 aromatic carbocycles. The maximum Gasteiger partial charge on any atom is 0.244 e. The fraction of sp³-hybridized carbons (Fsp3) is 0.286. The van der Waals surface area contributed by atoms with Crippen LogP contribution in [0, 0.1) is 6.92 Å². The number of nitrogens with zero attached hydrogens (tertiary/aromatic N) is 3. The van der Waals surface area contributed by atoms with Crippen molar-refractivity contribution >= 4 is 11.6 Å². The SMILES string of the molecule is Cc1cccc(CN(C)C(=O)Cn2cc(N)cn2)c1. The van der Waals surface area contributed by atoms with Crippen LogP contribution in [0.2, 0.25) is 0 Å². The van der Waals surface area contributed by atoms with Crippen LogP contribution in [0.5, 0.6) is 0 Å². The zero-order valence-electron chi connectivity index (χ0n) is 11.2. The summed E-state index contributed by atoms with van der Waals surface area (Å²) in [5, 5.41) is 4.00. The Bertz CT molecular complexity index is 576. The number of aryl methyl sites for hydroxylation is 1. The highest BCUT2D eigenvalue weighted by Gasteiger charge is 2.10. The first kappa shape index (κ1) is 13.1. The lowest BCUT2D eigenvalue weighted by molar-refractivity contribution is -0.131. The highest BCUT2D eigenvalue weighted by molar-refractivity contribution is 5.75. The van der Waals surface area contributed by atoms with E-state index in [-0.39, 0.29) is 12.5 Å². The highest BCUT2D eigenvalue weighted by Crippen LogP contribution is 2.07. The number of likely N-dealkylation sites (N-methyl/N-ethyl adjacent to an activating group) is 1. The van der Waals surface area contributed by atoms with Crippen LogP contribution in [0.3, 0.4) is 0 Å². The standard InChI is InChI=1S/C14H18N4O/c1-11-4-3-5-12(6-11)8-17(2)14(19)10-18-9-13(15)7-16-18/h3-7,9H,8,10,15H2,1-2H3. The van der Waals surface area contributed by atoms with Gasteiger partial charge in [-0.2, -0.15) is 5.10 Å².